The first-order chi connectivity index (χ1) is 11.8. The van der Waals surface area contributed by atoms with Gasteiger partial charge in [0.25, 0.3) is 0 Å². The highest BCUT2D eigenvalue weighted by atomic mass is 35.5. The molecule has 0 spiro atoms. The van der Waals surface area contributed by atoms with E-state index in [9.17, 15) is 9.59 Å². The lowest BCUT2D eigenvalue weighted by atomic mass is 10.2. The number of likely N-dealkylation sites (N-methyl/N-ethyl adjacent to an activating group) is 1. The number of nitrogens with zero attached hydrogens (tertiary/aromatic N) is 1. The maximum atomic E-state index is 12.1. The molecule has 0 radical (unpaired) electrons. The van der Waals surface area contributed by atoms with E-state index < -0.39 is 0 Å². The molecule has 132 valence electrons. The second-order valence-corrected chi connectivity index (χ2v) is 6.53. The molecule has 2 rings (SSSR count). The molecule has 25 heavy (non-hydrogen) atoms. The lowest BCUT2D eigenvalue weighted by molar-refractivity contribution is -0.119. The van der Waals surface area contributed by atoms with Crippen molar-refractivity contribution in [3.63, 3.8) is 0 Å². The van der Waals surface area contributed by atoms with Gasteiger partial charge in [-0.1, -0.05) is 35.4 Å². The van der Waals surface area contributed by atoms with Gasteiger partial charge in [0, 0.05) is 5.69 Å². The van der Waals surface area contributed by atoms with Gasteiger partial charge >= 0.3 is 0 Å². The Kier molecular flexibility index (Phi) is 6.56. The second kappa shape index (κ2) is 8.65. The van der Waals surface area contributed by atoms with Crippen molar-refractivity contribution in [3.05, 3.63) is 58.6 Å². The van der Waals surface area contributed by atoms with Crippen LogP contribution in [0.25, 0.3) is 0 Å². The molecule has 0 heterocycles. The minimum Gasteiger partial charge on any atom is -0.325 e. The molecular formula is C19H22ClN3O2. The molecule has 2 aromatic rings. The van der Waals surface area contributed by atoms with Crippen molar-refractivity contribution in [3.8, 4) is 0 Å². The van der Waals surface area contributed by atoms with Crippen molar-refractivity contribution in [1.82, 2.24) is 4.90 Å². The number of benzene rings is 2. The summed E-state index contributed by atoms with van der Waals surface area (Å²) in [6.07, 6.45) is 0. The molecule has 0 atom stereocenters. The first-order valence-corrected chi connectivity index (χ1v) is 8.32. The summed E-state index contributed by atoms with van der Waals surface area (Å²) in [6.45, 7) is 4.12. The highest BCUT2D eigenvalue weighted by Crippen LogP contribution is 2.22. The summed E-state index contributed by atoms with van der Waals surface area (Å²) in [5.41, 5.74) is 3.45. The van der Waals surface area contributed by atoms with Crippen LogP contribution in [0.4, 0.5) is 11.4 Å². The van der Waals surface area contributed by atoms with E-state index in [1.54, 1.807) is 24.1 Å². The molecule has 0 aliphatic heterocycles. The minimum atomic E-state index is -0.226. The first-order valence-electron chi connectivity index (χ1n) is 7.94. The molecule has 2 amide bonds. The molecular weight excluding hydrogens is 338 g/mol. The standard InChI is InChI=1S/C19H22ClN3O2/c1-13-4-7-15(8-5-13)21-18(24)11-23(3)12-19(25)22-17-9-6-14(2)10-16(17)20/h4-10H,11-12H2,1-3H3,(H,21,24)(H,22,25). The molecule has 5 nitrogen and oxygen atoms in total. The van der Waals surface area contributed by atoms with Gasteiger partial charge < -0.3 is 10.6 Å². The van der Waals surface area contributed by atoms with E-state index in [0.29, 0.717) is 10.7 Å². The normalized spacial score (nSPS) is 10.6. The monoisotopic (exact) mass is 359 g/mol. The molecule has 0 bridgehead atoms. The number of hydrogen-bond donors (Lipinski definition) is 2. The zero-order valence-electron chi connectivity index (χ0n) is 14.6. The average Bonchev–Trinajstić information content (AvgIpc) is 2.52. The Morgan fingerprint density at radius 1 is 0.920 bits per heavy atom. The molecule has 6 heteroatoms. The Bertz CT molecular complexity index is 760. The van der Waals surface area contributed by atoms with E-state index in [2.05, 4.69) is 10.6 Å². The zero-order valence-corrected chi connectivity index (χ0v) is 15.4. The van der Waals surface area contributed by atoms with E-state index in [-0.39, 0.29) is 24.9 Å². The highest BCUT2D eigenvalue weighted by molar-refractivity contribution is 6.33. The molecule has 0 fully saturated rings. The van der Waals surface area contributed by atoms with Crippen LogP contribution < -0.4 is 10.6 Å². The summed E-state index contributed by atoms with van der Waals surface area (Å²) in [5, 5.41) is 6.05. The van der Waals surface area contributed by atoms with Gasteiger partial charge in [0.2, 0.25) is 11.8 Å². The van der Waals surface area contributed by atoms with Crippen molar-refractivity contribution in [2.75, 3.05) is 30.8 Å². The third-order valence-corrected chi connectivity index (χ3v) is 3.87. The van der Waals surface area contributed by atoms with Crippen molar-refractivity contribution < 1.29 is 9.59 Å². The van der Waals surface area contributed by atoms with E-state index in [1.807, 2.05) is 44.2 Å². The molecule has 2 aromatic carbocycles. The van der Waals surface area contributed by atoms with E-state index in [4.69, 9.17) is 11.6 Å². The van der Waals surface area contributed by atoms with Crippen LogP contribution in [0, 0.1) is 13.8 Å². The number of hydrogen-bond acceptors (Lipinski definition) is 3. The minimum absolute atomic E-state index is 0.0888. The fourth-order valence-corrected chi connectivity index (χ4v) is 2.58. The molecule has 0 aromatic heterocycles. The average molecular weight is 360 g/mol. The quantitative estimate of drug-likeness (QED) is 0.830. The highest BCUT2D eigenvalue weighted by Gasteiger charge is 2.12. The maximum Gasteiger partial charge on any atom is 0.238 e. The number of nitrogens with one attached hydrogen (secondary N) is 2. The topological polar surface area (TPSA) is 61.4 Å². The molecule has 2 N–H and O–H groups in total. The van der Waals surface area contributed by atoms with E-state index in [1.165, 1.54) is 0 Å². The zero-order chi connectivity index (χ0) is 18.4. The summed E-state index contributed by atoms with van der Waals surface area (Å²) in [6, 6.07) is 13.0. The number of rotatable bonds is 6. The van der Waals surface area contributed by atoms with E-state index >= 15 is 0 Å². The fourth-order valence-electron chi connectivity index (χ4n) is 2.29. The summed E-state index contributed by atoms with van der Waals surface area (Å²) >= 11 is 6.10. The van der Waals surface area contributed by atoms with Gasteiger partial charge in [-0.15, -0.1) is 0 Å². The Hall–Kier alpha value is -2.37. The SMILES string of the molecule is Cc1ccc(NC(=O)CN(C)CC(=O)Nc2ccc(C)cc2Cl)cc1. The molecule has 0 unspecified atom stereocenters. The largest absolute Gasteiger partial charge is 0.325 e. The van der Waals surface area contributed by atoms with Crippen molar-refractivity contribution >= 4 is 34.8 Å². The maximum absolute atomic E-state index is 12.1. The second-order valence-electron chi connectivity index (χ2n) is 6.12. The Morgan fingerprint density at radius 2 is 1.48 bits per heavy atom. The summed E-state index contributed by atoms with van der Waals surface area (Å²) < 4.78 is 0. The Balaban J connectivity index is 1.82. The Morgan fingerprint density at radius 3 is 2.08 bits per heavy atom. The predicted octanol–water partition coefficient (Wildman–Crippen LogP) is 3.47. The number of amides is 2. The lowest BCUT2D eigenvalue weighted by Crippen LogP contribution is -2.36. The van der Waals surface area contributed by atoms with Crippen LogP contribution in [0.3, 0.4) is 0 Å². The van der Waals surface area contributed by atoms with Gasteiger partial charge in [-0.25, -0.2) is 0 Å². The molecule has 0 saturated heterocycles. The van der Waals surface area contributed by atoms with Crippen LogP contribution in [0.1, 0.15) is 11.1 Å². The predicted molar refractivity (Wildman–Crippen MR) is 102 cm³/mol. The number of carbonyl (C=O) groups excluding carboxylic acids is 2. The Labute approximate surface area is 153 Å². The first kappa shape index (κ1) is 19.0. The fraction of sp³-hybridized carbons (Fsp3) is 0.263. The number of halogens is 1. The third-order valence-electron chi connectivity index (χ3n) is 3.56. The van der Waals surface area contributed by atoms with Crippen molar-refractivity contribution in [2.45, 2.75) is 13.8 Å². The third kappa shape index (κ3) is 6.21. The van der Waals surface area contributed by atoms with Gasteiger partial charge in [-0.2, -0.15) is 0 Å². The van der Waals surface area contributed by atoms with Gasteiger partial charge in [-0.05, 0) is 50.7 Å². The number of carbonyl (C=O) groups is 2. The van der Waals surface area contributed by atoms with Crippen molar-refractivity contribution in [1.29, 1.82) is 0 Å². The van der Waals surface area contributed by atoms with Crippen LogP contribution in [-0.2, 0) is 9.59 Å². The number of anilines is 2. The van der Waals surface area contributed by atoms with Crippen LogP contribution in [0.2, 0.25) is 5.02 Å². The summed E-state index contributed by atoms with van der Waals surface area (Å²) in [4.78, 5) is 25.8. The van der Waals surface area contributed by atoms with Crippen molar-refractivity contribution in [2.24, 2.45) is 0 Å². The van der Waals surface area contributed by atoms with Crippen LogP contribution in [0.5, 0.6) is 0 Å². The number of aryl methyl sites for hydroxylation is 2. The van der Waals surface area contributed by atoms with Gasteiger partial charge in [0.1, 0.15) is 0 Å². The van der Waals surface area contributed by atoms with Crippen LogP contribution >= 0.6 is 11.6 Å². The van der Waals surface area contributed by atoms with Gasteiger partial charge in [0.05, 0.1) is 23.8 Å². The lowest BCUT2D eigenvalue weighted by Gasteiger charge is -2.16. The molecule has 0 aliphatic rings. The van der Waals surface area contributed by atoms with Crippen LogP contribution in [-0.4, -0.2) is 36.9 Å². The van der Waals surface area contributed by atoms with E-state index in [0.717, 1.165) is 16.8 Å². The van der Waals surface area contributed by atoms with Crippen LogP contribution in [0.15, 0.2) is 42.5 Å². The smallest absolute Gasteiger partial charge is 0.238 e. The molecule has 0 saturated carbocycles. The summed E-state index contributed by atoms with van der Waals surface area (Å²) in [7, 11) is 1.71. The van der Waals surface area contributed by atoms with Gasteiger partial charge in [0.15, 0.2) is 0 Å². The summed E-state index contributed by atoms with van der Waals surface area (Å²) in [5.74, 6) is -0.399. The molecule has 0 aliphatic carbocycles. The van der Waals surface area contributed by atoms with Gasteiger partial charge in [-0.3, -0.25) is 14.5 Å².